The third kappa shape index (κ3) is 5.71. The zero-order valence-electron chi connectivity index (χ0n) is 19.2. The van der Waals surface area contributed by atoms with Crippen LogP contribution in [0.2, 0.25) is 0 Å². The highest BCUT2D eigenvalue weighted by Crippen LogP contribution is 2.28. The zero-order valence-corrected chi connectivity index (χ0v) is 19.2. The number of amides is 3. The van der Waals surface area contributed by atoms with E-state index in [2.05, 4.69) is 20.9 Å². The molecule has 6 nitrogen and oxygen atoms in total. The van der Waals surface area contributed by atoms with Crippen LogP contribution in [0.5, 0.6) is 0 Å². The maximum atomic E-state index is 13.1. The number of hydrogen-bond acceptors (Lipinski definition) is 3. The minimum absolute atomic E-state index is 0.154. The molecule has 1 aliphatic heterocycles. The van der Waals surface area contributed by atoms with Gasteiger partial charge in [-0.15, -0.1) is 0 Å². The van der Waals surface area contributed by atoms with Crippen molar-refractivity contribution in [2.45, 2.75) is 33.2 Å². The minimum Gasteiger partial charge on any atom is -0.371 e. The average Bonchev–Trinajstić information content (AvgIpc) is 3.35. The Bertz CT molecular complexity index is 1140. The number of nitrogens with one attached hydrogen (secondary N) is 3. The largest absolute Gasteiger partial charge is 0.371 e. The molecule has 0 aliphatic carbocycles. The lowest BCUT2D eigenvalue weighted by molar-refractivity contribution is 0.0951. The molecule has 0 spiro atoms. The Labute approximate surface area is 195 Å². The van der Waals surface area contributed by atoms with E-state index < -0.39 is 0 Å². The van der Waals surface area contributed by atoms with Crippen LogP contribution in [0, 0.1) is 13.8 Å². The summed E-state index contributed by atoms with van der Waals surface area (Å²) in [4.78, 5) is 28.0. The van der Waals surface area contributed by atoms with Gasteiger partial charge >= 0.3 is 6.03 Å². The number of anilines is 3. The number of rotatable bonds is 6. The van der Waals surface area contributed by atoms with E-state index in [4.69, 9.17) is 0 Å². The quantitative estimate of drug-likeness (QED) is 0.473. The minimum atomic E-state index is -0.341. The maximum absolute atomic E-state index is 13.1. The van der Waals surface area contributed by atoms with Crippen molar-refractivity contribution in [3.63, 3.8) is 0 Å². The Kier molecular flexibility index (Phi) is 6.93. The molecule has 1 aliphatic rings. The van der Waals surface area contributed by atoms with E-state index in [0.29, 0.717) is 17.8 Å². The van der Waals surface area contributed by atoms with Gasteiger partial charge in [0.1, 0.15) is 0 Å². The summed E-state index contributed by atoms with van der Waals surface area (Å²) in [5.74, 6) is -0.154. The third-order valence-corrected chi connectivity index (χ3v) is 5.87. The molecular weight excluding hydrogens is 412 g/mol. The molecule has 1 saturated heterocycles. The third-order valence-electron chi connectivity index (χ3n) is 5.87. The van der Waals surface area contributed by atoms with E-state index in [9.17, 15) is 9.59 Å². The van der Waals surface area contributed by atoms with Crippen molar-refractivity contribution in [2.24, 2.45) is 0 Å². The molecule has 3 aromatic carbocycles. The monoisotopic (exact) mass is 442 g/mol. The van der Waals surface area contributed by atoms with Gasteiger partial charge in [-0.05, 0) is 62.1 Å². The van der Waals surface area contributed by atoms with Gasteiger partial charge in [0.15, 0.2) is 0 Å². The van der Waals surface area contributed by atoms with Gasteiger partial charge in [-0.3, -0.25) is 4.79 Å². The number of aryl methyl sites for hydroxylation is 2. The molecule has 3 amide bonds. The molecule has 0 aromatic heterocycles. The van der Waals surface area contributed by atoms with E-state index in [1.165, 1.54) is 0 Å². The molecule has 1 heterocycles. The van der Waals surface area contributed by atoms with E-state index in [0.717, 1.165) is 54.0 Å². The van der Waals surface area contributed by atoms with Crippen LogP contribution in [0.1, 0.15) is 39.9 Å². The Morgan fingerprint density at radius 1 is 0.879 bits per heavy atom. The molecule has 6 heteroatoms. The van der Waals surface area contributed by atoms with Crippen LogP contribution < -0.4 is 20.9 Å². The van der Waals surface area contributed by atoms with Gasteiger partial charge in [-0.2, -0.15) is 0 Å². The van der Waals surface area contributed by atoms with Crippen molar-refractivity contribution in [1.29, 1.82) is 0 Å². The van der Waals surface area contributed by atoms with Crippen LogP contribution in [-0.4, -0.2) is 25.0 Å². The predicted molar refractivity (Wildman–Crippen MR) is 134 cm³/mol. The summed E-state index contributed by atoms with van der Waals surface area (Å²) in [5.41, 5.74) is 5.97. The van der Waals surface area contributed by atoms with E-state index in [-0.39, 0.29) is 11.9 Å². The average molecular weight is 443 g/mol. The topological polar surface area (TPSA) is 73.5 Å². The van der Waals surface area contributed by atoms with Crippen LogP contribution in [0.4, 0.5) is 21.9 Å². The SMILES string of the molecule is Cc1ccc(NC(=O)Nc2ccc(N3CCCC3)c(C(=O)NCc3ccccc3)c2)c(C)c1. The lowest BCUT2D eigenvalue weighted by Gasteiger charge is -2.22. The molecule has 0 radical (unpaired) electrons. The van der Waals surface area contributed by atoms with E-state index in [1.54, 1.807) is 6.07 Å². The summed E-state index contributed by atoms with van der Waals surface area (Å²) < 4.78 is 0. The summed E-state index contributed by atoms with van der Waals surface area (Å²) in [7, 11) is 0. The first-order valence-corrected chi connectivity index (χ1v) is 11.4. The highest BCUT2D eigenvalue weighted by atomic mass is 16.2. The van der Waals surface area contributed by atoms with Gasteiger partial charge in [0.2, 0.25) is 0 Å². The number of nitrogens with zero attached hydrogens (tertiary/aromatic N) is 1. The molecule has 0 unspecified atom stereocenters. The van der Waals surface area contributed by atoms with Crippen molar-refractivity contribution in [2.75, 3.05) is 28.6 Å². The number of carbonyl (C=O) groups excluding carboxylic acids is 2. The van der Waals surface area contributed by atoms with Gasteiger partial charge in [-0.1, -0.05) is 48.0 Å². The summed E-state index contributed by atoms with van der Waals surface area (Å²) >= 11 is 0. The Morgan fingerprint density at radius 2 is 1.64 bits per heavy atom. The van der Waals surface area contributed by atoms with Gasteiger partial charge < -0.3 is 20.9 Å². The van der Waals surface area contributed by atoms with E-state index in [1.807, 2.05) is 74.5 Å². The molecule has 0 atom stereocenters. The highest BCUT2D eigenvalue weighted by Gasteiger charge is 2.20. The zero-order chi connectivity index (χ0) is 23.2. The number of benzene rings is 3. The first-order valence-electron chi connectivity index (χ1n) is 11.4. The Morgan fingerprint density at radius 3 is 2.36 bits per heavy atom. The van der Waals surface area contributed by atoms with Crippen molar-refractivity contribution in [3.05, 3.63) is 89.0 Å². The maximum Gasteiger partial charge on any atom is 0.323 e. The second kappa shape index (κ2) is 10.2. The summed E-state index contributed by atoms with van der Waals surface area (Å²) in [5, 5.41) is 8.78. The Balaban J connectivity index is 1.51. The van der Waals surface area contributed by atoms with Crippen LogP contribution >= 0.6 is 0 Å². The molecule has 0 bridgehead atoms. The summed E-state index contributed by atoms with van der Waals surface area (Å²) in [6, 6.07) is 20.9. The van der Waals surface area contributed by atoms with Crippen LogP contribution in [0.3, 0.4) is 0 Å². The second-order valence-electron chi connectivity index (χ2n) is 8.49. The van der Waals surface area contributed by atoms with Gasteiger partial charge in [0.05, 0.1) is 5.56 Å². The van der Waals surface area contributed by atoms with Crippen LogP contribution in [-0.2, 0) is 6.54 Å². The van der Waals surface area contributed by atoms with Crippen molar-refractivity contribution < 1.29 is 9.59 Å². The molecular formula is C27H30N4O2. The summed E-state index contributed by atoms with van der Waals surface area (Å²) in [6.45, 7) is 6.29. The van der Waals surface area contributed by atoms with Crippen LogP contribution in [0.15, 0.2) is 66.7 Å². The fourth-order valence-corrected chi connectivity index (χ4v) is 4.14. The van der Waals surface area contributed by atoms with Crippen LogP contribution in [0.25, 0.3) is 0 Å². The predicted octanol–water partition coefficient (Wildman–Crippen LogP) is 5.48. The number of carbonyl (C=O) groups is 2. The Hall–Kier alpha value is -3.80. The van der Waals surface area contributed by atoms with Crippen molar-refractivity contribution in [3.8, 4) is 0 Å². The van der Waals surface area contributed by atoms with Crippen molar-refractivity contribution >= 4 is 29.0 Å². The lowest BCUT2D eigenvalue weighted by Crippen LogP contribution is -2.27. The first-order chi connectivity index (χ1) is 16.0. The smallest absolute Gasteiger partial charge is 0.323 e. The summed E-state index contributed by atoms with van der Waals surface area (Å²) in [6.07, 6.45) is 2.23. The highest BCUT2D eigenvalue weighted by molar-refractivity contribution is 6.04. The molecule has 170 valence electrons. The first kappa shape index (κ1) is 22.4. The standard InChI is InChI=1S/C27H30N4O2/c1-19-10-12-24(20(2)16-19)30-27(33)29-22-11-13-25(31-14-6-7-15-31)23(17-22)26(32)28-18-21-8-4-3-5-9-21/h3-5,8-13,16-17H,6-7,14-15,18H2,1-2H3,(H,28,32)(H2,29,30,33). The fraction of sp³-hybridized carbons (Fsp3) is 0.259. The van der Waals surface area contributed by atoms with Gasteiger partial charge in [0, 0.05) is 36.7 Å². The number of urea groups is 1. The molecule has 0 saturated carbocycles. The molecule has 1 fully saturated rings. The van der Waals surface area contributed by atoms with Crippen molar-refractivity contribution in [1.82, 2.24) is 5.32 Å². The molecule has 4 rings (SSSR count). The van der Waals surface area contributed by atoms with E-state index >= 15 is 0 Å². The molecule has 33 heavy (non-hydrogen) atoms. The second-order valence-corrected chi connectivity index (χ2v) is 8.49. The van der Waals surface area contributed by atoms with Gasteiger partial charge in [-0.25, -0.2) is 4.79 Å². The molecule has 3 N–H and O–H groups in total. The normalized spacial score (nSPS) is 13.0. The molecule has 3 aromatic rings. The van der Waals surface area contributed by atoms with Gasteiger partial charge in [0.25, 0.3) is 5.91 Å². The number of hydrogen-bond donors (Lipinski definition) is 3. The lowest BCUT2D eigenvalue weighted by atomic mass is 10.1. The fourth-order valence-electron chi connectivity index (χ4n) is 4.14.